The van der Waals surface area contributed by atoms with Gasteiger partial charge in [-0.15, -0.1) is 22.7 Å². The number of para-hydroxylation sites is 1. The van der Waals surface area contributed by atoms with E-state index >= 15 is 0 Å². The van der Waals surface area contributed by atoms with Gasteiger partial charge in [-0.25, -0.2) is 24.9 Å². The van der Waals surface area contributed by atoms with E-state index < -0.39 is 0 Å². The van der Waals surface area contributed by atoms with Crippen molar-refractivity contribution in [3.05, 3.63) is 146 Å². The van der Waals surface area contributed by atoms with Crippen LogP contribution in [0.5, 0.6) is 0 Å². The van der Waals surface area contributed by atoms with Crippen LogP contribution in [0.3, 0.4) is 0 Å². The molecule has 0 spiro atoms. The first-order chi connectivity index (χ1) is 25.3. The summed E-state index contributed by atoms with van der Waals surface area (Å²) in [7, 11) is 0. The lowest BCUT2D eigenvalue weighted by Gasteiger charge is -2.12. The van der Waals surface area contributed by atoms with E-state index in [4.69, 9.17) is 19.9 Å². The number of nitrogens with zero attached hydrogens (tertiary/aromatic N) is 6. The molecule has 51 heavy (non-hydrogen) atoms. The van der Waals surface area contributed by atoms with Gasteiger partial charge < -0.3 is 4.57 Å². The molecule has 0 aliphatic heterocycles. The minimum absolute atomic E-state index is 0.621. The molecule has 238 valence electrons. The van der Waals surface area contributed by atoms with E-state index in [0.717, 1.165) is 49.0 Å². The van der Waals surface area contributed by atoms with E-state index in [2.05, 4.69) is 82.3 Å². The van der Waals surface area contributed by atoms with Gasteiger partial charge in [-0.3, -0.25) is 0 Å². The largest absolute Gasteiger partial charge is 0.308 e. The molecule has 0 bridgehead atoms. The maximum atomic E-state index is 5.05. The second-order valence-corrected chi connectivity index (χ2v) is 14.6. The Kier molecular flexibility index (Phi) is 6.19. The zero-order valence-electron chi connectivity index (χ0n) is 26.9. The number of benzene rings is 6. The SMILES string of the molecule is c1ccc(-c2nc(-c3ccccc3)nc(-c3cccc(-n4c5ccccc5c5c6sc7ccccc7c6c6sc7cncnc7c6c54)c3)n2)cc1. The molecule has 5 aromatic heterocycles. The third-order valence-corrected chi connectivity index (χ3v) is 11.9. The van der Waals surface area contributed by atoms with E-state index in [-0.39, 0.29) is 0 Å². The van der Waals surface area contributed by atoms with Gasteiger partial charge in [-0.1, -0.05) is 109 Å². The molecule has 0 aliphatic rings. The van der Waals surface area contributed by atoms with Crippen molar-refractivity contribution in [2.24, 2.45) is 0 Å². The van der Waals surface area contributed by atoms with Gasteiger partial charge in [0.15, 0.2) is 17.5 Å². The Labute approximate surface area is 299 Å². The van der Waals surface area contributed by atoms with Gasteiger partial charge in [0.1, 0.15) is 6.33 Å². The zero-order chi connectivity index (χ0) is 33.5. The van der Waals surface area contributed by atoms with E-state index in [9.17, 15) is 0 Å². The topological polar surface area (TPSA) is 69.4 Å². The van der Waals surface area contributed by atoms with Crippen molar-refractivity contribution in [3.8, 4) is 39.9 Å². The highest BCUT2D eigenvalue weighted by atomic mass is 32.1. The third-order valence-electron chi connectivity index (χ3n) is 9.58. The predicted octanol–water partition coefficient (Wildman–Crippen LogP) is 11.5. The molecule has 0 fully saturated rings. The Hall–Kier alpha value is -6.35. The second-order valence-electron chi connectivity index (χ2n) is 12.5. The van der Waals surface area contributed by atoms with Gasteiger partial charge in [0.05, 0.1) is 21.3 Å². The first kappa shape index (κ1) is 28.5. The quantitative estimate of drug-likeness (QED) is 0.184. The van der Waals surface area contributed by atoms with Gasteiger partial charge in [0.2, 0.25) is 0 Å². The Morgan fingerprint density at radius 3 is 1.86 bits per heavy atom. The minimum atomic E-state index is 0.621. The molecule has 11 aromatic rings. The molecule has 6 aromatic carbocycles. The normalized spacial score (nSPS) is 11.9. The van der Waals surface area contributed by atoms with Gasteiger partial charge in [-0.2, -0.15) is 0 Å². The number of rotatable bonds is 4. The van der Waals surface area contributed by atoms with Crippen molar-refractivity contribution in [3.63, 3.8) is 0 Å². The van der Waals surface area contributed by atoms with Gasteiger partial charge in [-0.05, 0) is 24.3 Å². The summed E-state index contributed by atoms with van der Waals surface area (Å²) in [4.78, 5) is 24.3. The first-order valence-electron chi connectivity index (χ1n) is 16.7. The van der Waals surface area contributed by atoms with E-state index in [1.165, 1.54) is 35.6 Å². The van der Waals surface area contributed by atoms with Crippen molar-refractivity contribution in [2.45, 2.75) is 0 Å². The summed E-state index contributed by atoms with van der Waals surface area (Å²) in [6.07, 6.45) is 3.61. The maximum absolute atomic E-state index is 5.05. The van der Waals surface area contributed by atoms with Crippen LogP contribution in [0.25, 0.3) is 102 Å². The van der Waals surface area contributed by atoms with E-state index in [0.29, 0.717) is 17.5 Å². The molecule has 0 unspecified atom stereocenters. The van der Waals surface area contributed by atoms with Crippen molar-refractivity contribution in [1.82, 2.24) is 29.5 Å². The minimum Gasteiger partial charge on any atom is -0.308 e. The van der Waals surface area contributed by atoms with Crippen LogP contribution in [0, 0.1) is 0 Å². The van der Waals surface area contributed by atoms with E-state index in [1.807, 2.05) is 78.2 Å². The van der Waals surface area contributed by atoms with Crippen LogP contribution in [-0.4, -0.2) is 29.5 Å². The van der Waals surface area contributed by atoms with Crippen molar-refractivity contribution in [2.75, 3.05) is 0 Å². The molecular weight excluding hydrogens is 665 g/mol. The molecule has 0 aliphatic carbocycles. The third kappa shape index (κ3) is 4.30. The van der Waals surface area contributed by atoms with Gasteiger partial charge in [0, 0.05) is 69.6 Å². The summed E-state index contributed by atoms with van der Waals surface area (Å²) < 4.78 is 7.30. The molecule has 0 radical (unpaired) electrons. The highest BCUT2D eigenvalue weighted by Gasteiger charge is 2.25. The number of hydrogen-bond acceptors (Lipinski definition) is 7. The Morgan fingerprint density at radius 2 is 1.10 bits per heavy atom. The summed E-state index contributed by atoms with van der Waals surface area (Å²) in [5, 5.41) is 6.19. The Balaban J connectivity index is 1.24. The molecule has 6 nitrogen and oxygen atoms in total. The van der Waals surface area contributed by atoms with Crippen LogP contribution < -0.4 is 0 Å². The fraction of sp³-hybridized carbons (Fsp3) is 0. The number of fused-ring (bicyclic) bond motifs is 12. The standard InChI is InChI=1S/C43H24N6S2/c1-3-12-25(13-4-1)41-46-42(26-14-5-2-6-15-26)48-43(47-41)27-16-11-17-28(22-27)49-31-20-9-7-18-29(31)34-38(49)36-37-33(23-44-24-45-37)51-40(36)35-30-19-8-10-21-32(30)50-39(34)35/h1-24H. The molecule has 0 saturated carbocycles. The molecule has 8 heteroatoms. The van der Waals surface area contributed by atoms with Crippen LogP contribution in [-0.2, 0) is 0 Å². The van der Waals surface area contributed by atoms with Crippen LogP contribution >= 0.6 is 22.7 Å². The summed E-state index contributed by atoms with van der Waals surface area (Å²) in [6, 6.07) is 46.3. The summed E-state index contributed by atoms with van der Waals surface area (Å²) in [5.41, 5.74) is 7.08. The highest BCUT2D eigenvalue weighted by Crippen LogP contribution is 2.51. The second kappa shape index (κ2) is 11.1. The van der Waals surface area contributed by atoms with E-state index in [1.54, 1.807) is 17.7 Å². The van der Waals surface area contributed by atoms with Crippen LogP contribution in [0.4, 0.5) is 0 Å². The molecule has 0 saturated heterocycles. The molecular formula is C43H24N6S2. The molecule has 0 atom stereocenters. The van der Waals surface area contributed by atoms with Crippen LogP contribution in [0.1, 0.15) is 0 Å². The average Bonchev–Trinajstić information content (AvgIpc) is 3.88. The maximum Gasteiger partial charge on any atom is 0.164 e. The average molecular weight is 689 g/mol. The van der Waals surface area contributed by atoms with Gasteiger partial charge in [0.25, 0.3) is 0 Å². The summed E-state index contributed by atoms with van der Waals surface area (Å²) in [5.74, 6) is 1.90. The zero-order valence-corrected chi connectivity index (χ0v) is 28.5. The lowest BCUT2D eigenvalue weighted by atomic mass is 10.0. The summed E-state index contributed by atoms with van der Waals surface area (Å²) >= 11 is 3.65. The number of aromatic nitrogens is 6. The van der Waals surface area contributed by atoms with Crippen molar-refractivity contribution < 1.29 is 0 Å². The number of hydrogen-bond donors (Lipinski definition) is 0. The molecule has 5 heterocycles. The Bertz CT molecular complexity index is 3060. The highest BCUT2D eigenvalue weighted by molar-refractivity contribution is 7.30. The fourth-order valence-electron chi connectivity index (χ4n) is 7.39. The first-order valence-corrected chi connectivity index (χ1v) is 18.3. The Morgan fingerprint density at radius 1 is 0.490 bits per heavy atom. The van der Waals surface area contributed by atoms with Gasteiger partial charge >= 0.3 is 0 Å². The predicted molar refractivity (Wildman–Crippen MR) is 212 cm³/mol. The van der Waals surface area contributed by atoms with Crippen molar-refractivity contribution in [1.29, 1.82) is 0 Å². The lowest BCUT2D eigenvalue weighted by Crippen LogP contribution is -2.01. The smallest absolute Gasteiger partial charge is 0.164 e. The summed E-state index contributed by atoms with van der Waals surface area (Å²) in [6.45, 7) is 0. The molecule has 0 N–H and O–H groups in total. The van der Waals surface area contributed by atoms with Crippen LogP contribution in [0.2, 0.25) is 0 Å². The molecule has 11 rings (SSSR count). The fourth-order valence-corrected chi connectivity index (χ4v) is 9.92. The lowest BCUT2D eigenvalue weighted by molar-refractivity contribution is 1.07. The molecule has 0 amide bonds. The monoisotopic (exact) mass is 688 g/mol. The number of thiophene rings is 2. The van der Waals surface area contributed by atoms with Crippen molar-refractivity contribution >= 4 is 85.0 Å². The van der Waals surface area contributed by atoms with Crippen LogP contribution in [0.15, 0.2) is 146 Å².